The van der Waals surface area contributed by atoms with E-state index in [4.69, 9.17) is 9.47 Å². The number of rotatable bonds is 6. The molecule has 6 heteroatoms. The first kappa shape index (κ1) is 20.6. The van der Waals surface area contributed by atoms with E-state index in [1.54, 1.807) is 35.2 Å². The van der Waals surface area contributed by atoms with Gasteiger partial charge in [-0.15, -0.1) is 0 Å². The molecule has 2 aromatic carbocycles. The minimum Gasteiger partial charge on any atom is -0.491 e. The van der Waals surface area contributed by atoms with Crippen molar-refractivity contribution in [1.82, 2.24) is 10.2 Å². The molecule has 1 aliphatic heterocycles. The van der Waals surface area contributed by atoms with Gasteiger partial charge in [-0.05, 0) is 49.8 Å². The summed E-state index contributed by atoms with van der Waals surface area (Å²) in [6.07, 6.45) is 1.78. The Morgan fingerprint density at radius 3 is 2.31 bits per heavy atom. The molecule has 0 saturated carbocycles. The van der Waals surface area contributed by atoms with Crippen LogP contribution in [0.15, 0.2) is 60.3 Å². The quantitative estimate of drug-likeness (QED) is 0.765. The zero-order valence-electron chi connectivity index (χ0n) is 16.8. The van der Waals surface area contributed by atoms with Gasteiger partial charge in [0.05, 0.1) is 19.3 Å². The van der Waals surface area contributed by atoms with Crippen molar-refractivity contribution in [1.29, 1.82) is 0 Å². The fraction of sp³-hybridized carbons (Fsp3) is 0.304. The van der Waals surface area contributed by atoms with Crippen LogP contribution in [0.25, 0.3) is 6.08 Å². The molecule has 0 spiro atoms. The van der Waals surface area contributed by atoms with Gasteiger partial charge in [0.2, 0.25) is 0 Å². The van der Waals surface area contributed by atoms with E-state index < -0.39 is 0 Å². The molecule has 0 radical (unpaired) electrons. The van der Waals surface area contributed by atoms with Gasteiger partial charge in [0.15, 0.2) is 0 Å². The number of amides is 2. The maximum absolute atomic E-state index is 13.0. The number of nitrogens with zero attached hydrogens (tertiary/aromatic N) is 1. The lowest BCUT2D eigenvalue weighted by atomic mass is 10.1. The molecular formula is C23H26N2O4. The molecule has 2 amide bonds. The standard InChI is InChI=1S/C23H26N2O4/c1-17(2)29-20-10-8-18(9-11-20)16-21(23(27)25-12-14-28-15-13-25)24-22(26)19-6-4-3-5-7-19/h3-11,16-17H,12-15H2,1-2H3,(H,24,26). The fourth-order valence-electron chi connectivity index (χ4n) is 2.95. The lowest BCUT2D eigenvalue weighted by molar-refractivity contribution is -0.131. The van der Waals surface area contributed by atoms with Crippen molar-refractivity contribution in [3.05, 3.63) is 71.4 Å². The second-order valence-electron chi connectivity index (χ2n) is 7.02. The van der Waals surface area contributed by atoms with Crippen molar-refractivity contribution in [3.8, 4) is 5.75 Å². The summed E-state index contributed by atoms with van der Waals surface area (Å²) in [5.41, 5.74) is 1.53. The maximum Gasteiger partial charge on any atom is 0.270 e. The summed E-state index contributed by atoms with van der Waals surface area (Å²) in [4.78, 5) is 27.4. The molecule has 0 aromatic heterocycles. The molecule has 0 unspecified atom stereocenters. The molecule has 29 heavy (non-hydrogen) atoms. The van der Waals surface area contributed by atoms with Crippen LogP contribution in [0.4, 0.5) is 0 Å². The topological polar surface area (TPSA) is 67.9 Å². The summed E-state index contributed by atoms with van der Waals surface area (Å²) >= 11 is 0. The molecule has 1 saturated heterocycles. The number of carbonyl (C=O) groups is 2. The number of nitrogens with one attached hydrogen (secondary N) is 1. The Kier molecular flexibility index (Phi) is 7.03. The maximum atomic E-state index is 13.0. The van der Waals surface area contributed by atoms with Crippen molar-refractivity contribution in [3.63, 3.8) is 0 Å². The van der Waals surface area contributed by atoms with Gasteiger partial charge in [-0.1, -0.05) is 30.3 Å². The van der Waals surface area contributed by atoms with E-state index in [0.29, 0.717) is 31.9 Å². The highest BCUT2D eigenvalue weighted by Crippen LogP contribution is 2.17. The average molecular weight is 394 g/mol. The van der Waals surface area contributed by atoms with Crippen molar-refractivity contribution < 1.29 is 19.1 Å². The van der Waals surface area contributed by atoms with Crippen molar-refractivity contribution >= 4 is 17.9 Å². The summed E-state index contributed by atoms with van der Waals surface area (Å²) in [6, 6.07) is 16.3. The highest BCUT2D eigenvalue weighted by molar-refractivity contribution is 6.05. The SMILES string of the molecule is CC(C)Oc1ccc(C=C(NC(=O)c2ccccc2)C(=O)N2CCOCC2)cc1. The summed E-state index contributed by atoms with van der Waals surface area (Å²) in [5, 5.41) is 2.78. The van der Waals surface area contributed by atoms with E-state index in [0.717, 1.165) is 11.3 Å². The number of hydrogen-bond acceptors (Lipinski definition) is 4. The van der Waals surface area contributed by atoms with Gasteiger partial charge in [-0.2, -0.15) is 0 Å². The molecule has 1 fully saturated rings. The molecular weight excluding hydrogens is 368 g/mol. The summed E-state index contributed by atoms with van der Waals surface area (Å²) in [7, 11) is 0. The van der Waals surface area contributed by atoms with Crippen LogP contribution >= 0.6 is 0 Å². The van der Waals surface area contributed by atoms with Gasteiger partial charge in [-0.25, -0.2) is 0 Å². The Morgan fingerprint density at radius 1 is 1.03 bits per heavy atom. The van der Waals surface area contributed by atoms with Crippen LogP contribution in [0, 0.1) is 0 Å². The van der Waals surface area contributed by atoms with Crippen LogP contribution < -0.4 is 10.1 Å². The first-order chi connectivity index (χ1) is 14.0. The minimum absolute atomic E-state index is 0.0833. The van der Waals surface area contributed by atoms with Crippen molar-refractivity contribution in [2.24, 2.45) is 0 Å². The number of benzene rings is 2. The van der Waals surface area contributed by atoms with Gasteiger partial charge in [0, 0.05) is 18.7 Å². The van der Waals surface area contributed by atoms with E-state index in [-0.39, 0.29) is 23.6 Å². The predicted octanol–water partition coefficient (Wildman–Crippen LogP) is 3.10. The molecule has 2 aromatic rings. The highest BCUT2D eigenvalue weighted by atomic mass is 16.5. The van der Waals surface area contributed by atoms with E-state index in [9.17, 15) is 9.59 Å². The van der Waals surface area contributed by atoms with Gasteiger partial charge >= 0.3 is 0 Å². The van der Waals surface area contributed by atoms with Gasteiger partial charge < -0.3 is 19.7 Å². The van der Waals surface area contributed by atoms with Crippen LogP contribution in [-0.4, -0.2) is 49.1 Å². The predicted molar refractivity (Wildman–Crippen MR) is 111 cm³/mol. The zero-order chi connectivity index (χ0) is 20.6. The summed E-state index contributed by atoms with van der Waals surface area (Å²) in [5.74, 6) is 0.213. The smallest absolute Gasteiger partial charge is 0.270 e. The molecule has 152 valence electrons. The Balaban J connectivity index is 1.84. The monoisotopic (exact) mass is 394 g/mol. The van der Waals surface area contributed by atoms with E-state index in [1.165, 1.54) is 0 Å². The van der Waals surface area contributed by atoms with Crippen LogP contribution in [0.3, 0.4) is 0 Å². The molecule has 0 bridgehead atoms. The van der Waals surface area contributed by atoms with E-state index >= 15 is 0 Å². The van der Waals surface area contributed by atoms with Gasteiger partial charge in [-0.3, -0.25) is 9.59 Å². The Hall–Kier alpha value is -3.12. The van der Waals surface area contributed by atoms with Crippen LogP contribution in [0.5, 0.6) is 5.75 Å². The third-order valence-electron chi connectivity index (χ3n) is 4.38. The average Bonchev–Trinajstić information content (AvgIpc) is 2.75. The largest absolute Gasteiger partial charge is 0.491 e. The molecule has 0 atom stereocenters. The third-order valence-corrected chi connectivity index (χ3v) is 4.38. The first-order valence-electron chi connectivity index (χ1n) is 9.75. The van der Waals surface area contributed by atoms with Crippen LogP contribution in [-0.2, 0) is 9.53 Å². The van der Waals surface area contributed by atoms with E-state index in [1.807, 2.05) is 44.2 Å². The number of hydrogen-bond donors (Lipinski definition) is 1. The highest BCUT2D eigenvalue weighted by Gasteiger charge is 2.22. The molecule has 1 N–H and O–H groups in total. The van der Waals surface area contributed by atoms with E-state index in [2.05, 4.69) is 5.32 Å². The number of ether oxygens (including phenoxy) is 2. The Labute approximate surface area is 171 Å². The number of morpholine rings is 1. The minimum atomic E-state index is -0.321. The molecule has 0 aliphatic carbocycles. The molecule has 1 aliphatic rings. The lowest BCUT2D eigenvalue weighted by Crippen LogP contribution is -2.44. The molecule has 1 heterocycles. The summed E-state index contributed by atoms with van der Waals surface area (Å²) in [6.45, 7) is 5.91. The van der Waals surface area contributed by atoms with Crippen LogP contribution in [0.1, 0.15) is 29.8 Å². The second kappa shape index (κ2) is 9.89. The third kappa shape index (κ3) is 5.93. The zero-order valence-corrected chi connectivity index (χ0v) is 16.8. The lowest BCUT2D eigenvalue weighted by Gasteiger charge is -2.27. The Morgan fingerprint density at radius 2 is 1.69 bits per heavy atom. The summed E-state index contributed by atoms with van der Waals surface area (Å²) < 4.78 is 11.0. The molecule has 6 nitrogen and oxygen atoms in total. The van der Waals surface area contributed by atoms with Gasteiger partial charge in [0.1, 0.15) is 11.4 Å². The van der Waals surface area contributed by atoms with Crippen molar-refractivity contribution in [2.45, 2.75) is 20.0 Å². The molecule has 3 rings (SSSR count). The normalized spacial score (nSPS) is 14.6. The fourth-order valence-corrected chi connectivity index (χ4v) is 2.95. The van der Waals surface area contributed by atoms with Gasteiger partial charge in [0.25, 0.3) is 11.8 Å². The first-order valence-corrected chi connectivity index (χ1v) is 9.75. The Bertz CT molecular complexity index is 854. The van der Waals surface area contributed by atoms with Crippen LogP contribution in [0.2, 0.25) is 0 Å². The second-order valence-corrected chi connectivity index (χ2v) is 7.02. The van der Waals surface area contributed by atoms with Crippen molar-refractivity contribution in [2.75, 3.05) is 26.3 Å². The number of carbonyl (C=O) groups excluding carboxylic acids is 2.